The van der Waals surface area contributed by atoms with E-state index in [0.29, 0.717) is 11.8 Å². The SMILES string of the molecule is CC(=O)Nc1ccc(CNC(=O)c2ccc(F)cc2F)cc1. The lowest BCUT2D eigenvalue weighted by Gasteiger charge is -2.07. The Hall–Kier alpha value is -2.76. The van der Waals surface area contributed by atoms with Crippen LogP contribution in [0.3, 0.4) is 0 Å². The average Bonchev–Trinajstić information content (AvgIpc) is 2.45. The molecular weight excluding hydrogens is 290 g/mol. The first-order chi connectivity index (χ1) is 10.5. The van der Waals surface area contributed by atoms with Crippen molar-refractivity contribution >= 4 is 17.5 Å². The van der Waals surface area contributed by atoms with E-state index < -0.39 is 17.5 Å². The van der Waals surface area contributed by atoms with Crippen molar-refractivity contribution in [1.29, 1.82) is 0 Å². The number of carbonyl (C=O) groups is 2. The van der Waals surface area contributed by atoms with Gasteiger partial charge in [-0.15, -0.1) is 0 Å². The maximum Gasteiger partial charge on any atom is 0.254 e. The second-order valence-electron chi connectivity index (χ2n) is 4.68. The van der Waals surface area contributed by atoms with Gasteiger partial charge in [-0.2, -0.15) is 0 Å². The lowest BCUT2D eigenvalue weighted by Crippen LogP contribution is -2.23. The summed E-state index contributed by atoms with van der Waals surface area (Å²) in [5, 5.41) is 5.17. The van der Waals surface area contributed by atoms with Crippen molar-refractivity contribution < 1.29 is 18.4 Å². The highest BCUT2D eigenvalue weighted by atomic mass is 19.1. The zero-order valence-electron chi connectivity index (χ0n) is 11.8. The molecule has 0 atom stereocenters. The number of anilines is 1. The second-order valence-corrected chi connectivity index (χ2v) is 4.68. The summed E-state index contributed by atoms with van der Waals surface area (Å²) in [6.07, 6.45) is 0. The first-order valence-corrected chi connectivity index (χ1v) is 6.55. The summed E-state index contributed by atoms with van der Waals surface area (Å²) in [6.45, 7) is 1.60. The van der Waals surface area contributed by atoms with Gasteiger partial charge < -0.3 is 10.6 Å². The van der Waals surface area contributed by atoms with Crippen LogP contribution in [-0.2, 0) is 11.3 Å². The topological polar surface area (TPSA) is 58.2 Å². The molecule has 2 N–H and O–H groups in total. The summed E-state index contributed by atoms with van der Waals surface area (Å²) in [5.41, 5.74) is 1.22. The predicted octanol–water partition coefficient (Wildman–Crippen LogP) is 2.85. The van der Waals surface area contributed by atoms with Gasteiger partial charge in [-0.25, -0.2) is 8.78 Å². The van der Waals surface area contributed by atoms with Crippen molar-refractivity contribution in [3.05, 3.63) is 65.2 Å². The Labute approximate surface area is 126 Å². The zero-order valence-corrected chi connectivity index (χ0v) is 11.8. The van der Waals surface area contributed by atoms with Crippen LogP contribution in [-0.4, -0.2) is 11.8 Å². The Kier molecular flexibility index (Phi) is 4.83. The fraction of sp³-hybridized carbons (Fsp3) is 0.125. The van der Waals surface area contributed by atoms with Gasteiger partial charge in [-0.05, 0) is 29.8 Å². The molecule has 2 aromatic rings. The van der Waals surface area contributed by atoms with Crippen LogP contribution < -0.4 is 10.6 Å². The fourth-order valence-electron chi connectivity index (χ4n) is 1.86. The van der Waals surface area contributed by atoms with Crippen LogP contribution in [0.1, 0.15) is 22.8 Å². The number of carbonyl (C=O) groups excluding carboxylic acids is 2. The third-order valence-corrected chi connectivity index (χ3v) is 2.90. The van der Waals surface area contributed by atoms with Crippen molar-refractivity contribution in [1.82, 2.24) is 5.32 Å². The van der Waals surface area contributed by atoms with Gasteiger partial charge in [0, 0.05) is 25.2 Å². The van der Waals surface area contributed by atoms with Gasteiger partial charge in [0.2, 0.25) is 5.91 Å². The Balaban J connectivity index is 1.97. The van der Waals surface area contributed by atoms with Gasteiger partial charge in [-0.3, -0.25) is 9.59 Å². The molecule has 22 heavy (non-hydrogen) atoms. The molecule has 0 aliphatic rings. The smallest absolute Gasteiger partial charge is 0.254 e. The molecule has 0 fully saturated rings. The number of benzene rings is 2. The summed E-state index contributed by atoms with van der Waals surface area (Å²) < 4.78 is 26.2. The largest absolute Gasteiger partial charge is 0.348 e. The van der Waals surface area contributed by atoms with E-state index in [4.69, 9.17) is 0 Å². The van der Waals surface area contributed by atoms with Gasteiger partial charge in [0.15, 0.2) is 0 Å². The Morgan fingerprint density at radius 2 is 1.73 bits per heavy atom. The molecular formula is C16H14F2N2O2. The number of rotatable bonds is 4. The lowest BCUT2D eigenvalue weighted by atomic mass is 10.1. The van der Waals surface area contributed by atoms with Crippen LogP contribution in [0.25, 0.3) is 0 Å². The van der Waals surface area contributed by atoms with Crippen LogP contribution in [0, 0.1) is 11.6 Å². The lowest BCUT2D eigenvalue weighted by molar-refractivity contribution is -0.114. The van der Waals surface area contributed by atoms with E-state index in [0.717, 1.165) is 17.7 Å². The van der Waals surface area contributed by atoms with Gasteiger partial charge in [0.1, 0.15) is 11.6 Å². The molecule has 2 aromatic carbocycles. The molecule has 6 heteroatoms. The van der Waals surface area contributed by atoms with Crippen LogP contribution >= 0.6 is 0 Å². The highest BCUT2D eigenvalue weighted by Crippen LogP contribution is 2.11. The molecule has 2 rings (SSSR count). The van der Waals surface area contributed by atoms with E-state index in [2.05, 4.69) is 10.6 Å². The van der Waals surface area contributed by atoms with Gasteiger partial charge in [0.05, 0.1) is 5.56 Å². The van der Waals surface area contributed by atoms with Crippen molar-refractivity contribution in [2.45, 2.75) is 13.5 Å². The minimum absolute atomic E-state index is 0.173. The minimum Gasteiger partial charge on any atom is -0.348 e. The monoisotopic (exact) mass is 304 g/mol. The maximum atomic E-state index is 13.5. The van der Waals surface area contributed by atoms with Crippen LogP contribution in [0.5, 0.6) is 0 Å². The standard InChI is InChI=1S/C16H14F2N2O2/c1-10(21)20-13-5-2-11(3-6-13)9-19-16(22)14-7-4-12(17)8-15(14)18/h2-8H,9H2,1H3,(H,19,22)(H,20,21). The Bertz CT molecular complexity index is 700. The molecule has 0 aromatic heterocycles. The van der Waals surface area contributed by atoms with E-state index in [-0.39, 0.29) is 18.0 Å². The molecule has 0 spiro atoms. The molecule has 0 saturated carbocycles. The number of halogens is 2. The zero-order chi connectivity index (χ0) is 16.1. The number of hydrogen-bond donors (Lipinski definition) is 2. The molecule has 0 bridgehead atoms. The molecule has 0 unspecified atom stereocenters. The third-order valence-electron chi connectivity index (χ3n) is 2.90. The number of nitrogens with one attached hydrogen (secondary N) is 2. The molecule has 0 saturated heterocycles. The normalized spacial score (nSPS) is 10.1. The van der Waals surface area contributed by atoms with Gasteiger partial charge in [-0.1, -0.05) is 12.1 Å². The Morgan fingerprint density at radius 1 is 1.05 bits per heavy atom. The number of hydrogen-bond acceptors (Lipinski definition) is 2. The predicted molar refractivity (Wildman–Crippen MR) is 78.3 cm³/mol. The summed E-state index contributed by atoms with van der Waals surface area (Å²) in [4.78, 5) is 22.7. The maximum absolute atomic E-state index is 13.5. The molecule has 0 aliphatic heterocycles. The summed E-state index contributed by atoms with van der Waals surface area (Å²) >= 11 is 0. The van der Waals surface area contributed by atoms with Crippen LogP contribution in [0.4, 0.5) is 14.5 Å². The molecule has 4 nitrogen and oxygen atoms in total. The first-order valence-electron chi connectivity index (χ1n) is 6.55. The quantitative estimate of drug-likeness (QED) is 0.912. The highest BCUT2D eigenvalue weighted by Gasteiger charge is 2.12. The molecule has 114 valence electrons. The molecule has 0 radical (unpaired) electrons. The average molecular weight is 304 g/mol. The highest BCUT2D eigenvalue weighted by molar-refractivity contribution is 5.94. The molecule has 0 heterocycles. The van der Waals surface area contributed by atoms with E-state index in [9.17, 15) is 18.4 Å². The molecule has 2 amide bonds. The van der Waals surface area contributed by atoms with Crippen molar-refractivity contribution in [2.24, 2.45) is 0 Å². The third kappa shape index (κ3) is 4.12. The minimum atomic E-state index is -0.904. The van der Waals surface area contributed by atoms with Crippen molar-refractivity contribution in [2.75, 3.05) is 5.32 Å². The number of amides is 2. The summed E-state index contributed by atoms with van der Waals surface area (Å²) in [6, 6.07) is 9.64. The van der Waals surface area contributed by atoms with E-state index in [1.165, 1.54) is 6.92 Å². The van der Waals surface area contributed by atoms with Crippen molar-refractivity contribution in [3.8, 4) is 0 Å². The Morgan fingerprint density at radius 3 is 2.32 bits per heavy atom. The van der Waals surface area contributed by atoms with Crippen LogP contribution in [0.2, 0.25) is 0 Å². The van der Waals surface area contributed by atoms with E-state index in [1.807, 2.05) is 0 Å². The summed E-state index contributed by atoms with van der Waals surface area (Å²) in [5.74, 6) is -2.43. The fourth-order valence-corrected chi connectivity index (χ4v) is 1.86. The summed E-state index contributed by atoms with van der Waals surface area (Å²) in [7, 11) is 0. The second kappa shape index (κ2) is 6.80. The van der Waals surface area contributed by atoms with E-state index in [1.54, 1.807) is 24.3 Å². The van der Waals surface area contributed by atoms with E-state index >= 15 is 0 Å². The van der Waals surface area contributed by atoms with Crippen LogP contribution in [0.15, 0.2) is 42.5 Å². The molecule has 0 aliphatic carbocycles. The van der Waals surface area contributed by atoms with Gasteiger partial charge in [0.25, 0.3) is 5.91 Å². The van der Waals surface area contributed by atoms with Crippen molar-refractivity contribution in [3.63, 3.8) is 0 Å². The van der Waals surface area contributed by atoms with Gasteiger partial charge >= 0.3 is 0 Å². The first kappa shape index (κ1) is 15.6.